The Bertz CT molecular complexity index is 1890. The fourth-order valence-corrected chi connectivity index (χ4v) is 6.04. The maximum atomic E-state index is 11.9. The number of aryl methyl sites for hydroxylation is 2. The lowest BCUT2D eigenvalue weighted by molar-refractivity contribution is 0.101. The Morgan fingerprint density at radius 2 is 1.74 bits per heavy atom. The van der Waals surface area contributed by atoms with Gasteiger partial charge in [-0.1, -0.05) is 36.4 Å². The topological polar surface area (TPSA) is 151 Å². The smallest absolute Gasteiger partial charge is 0.238 e. The van der Waals surface area contributed by atoms with Crippen molar-refractivity contribution in [2.45, 2.75) is 51.1 Å². The molecular formula is C35H36N6O4S. The predicted octanol–water partition coefficient (Wildman–Crippen LogP) is 6.02. The highest BCUT2D eigenvalue weighted by Crippen LogP contribution is 2.36. The second-order valence-electron chi connectivity index (χ2n) is 11.5. The first kappa shape index (κ1) is 32.5. The molecule has 4 aromatic rings. The van der Waals surface area contributed by atoms with Crippen LogP contribution < -0.4 is 15.2 Å². The molecule has 1 fully saturated rings. The molecule has 11 heteroatoms. The third kappa shape index (κ3) is 8.03. The number of piperidine rings is 1. The monoisotopic (exact) mass is 636 g/mol. The minimum atomic E-state index is -3.71. The number of hydrogen-bond acceptors (Lipinski definition) is 9. The molecule has 1 saturated heterocycles. The number of Topliss-reactive ketones (excluding diaryl/α,β-unsaturated/α-hetero) is 1. The van der Waals surface area contributed by atoms with Gasteiger partial charge in [-0.05, 0) is 91.8 Å². The number of allylic oxidation sites excluding steroid dienone is 1. The number of carbonyl (C=O) groups excluding carboxylic acids is 1. The van der Waals surface area contributed by atoms with Crippen molar-refractivity contribution in [2.24, 2.45) is 5.14 Å². The van der Waals surface area contributed by atoms with Crippen molar-refractivity contribution in [3.63, 3.8) is 0 Å². The molecule has 46 heavy (non-hydrogen) atoms. The zero-order valence-corrected chi connectivity index (χ0v) is 26.8. The second-order valence-corrected chi connectivity index (χ2v) is 13.0. The van der Waals surface area contributed by atoms with Gasteiger partial charge < -0.3 is 10.1 Å². The summed E-state index contributed by atoms with van der Waals surface area (Å²) in [6.07, 6.45) is 6.69. The van der Waals surface area contributed by atoms with Gasteiger partial charge in [0.25, 0.3) is 0 Å². The zero-order valence-electron chi connectivity index (χ0n) is 26.0. The maximum Gasteiger partial charge on any atom is 0.238 e. The van der Waals surface area contributed by atoms with Crippen molar-refractivity contribution in [1.82, 2.24) is 14.9 Å². The molecule has 5 rings (SSSR count). The molecule has 0 spiro atoms. The van der Waals surface area contributed by atoms with Crippen LogP contribution in [0.1, 0.15) is 52.4 Å². The Hall–Kier alpha value is -4.89. The molecule has 1 aliphatic heterocycles. The molecule has 3 N–H and O–H groups in total. The van der Waals surface area contributed by atoms with Gasteiger partial charge >= 0.3 is 0 Å². The summed E-state index contributed by atoms with van der Waals surface area (Å²) in [6, 6.07) is 20.1. The van der Waals surface area contributed by atoms with E-state index in [1.807, 2.05) is 44.2 Å². The van der Waals surface area contributed by atoms with E-state index < -0.39 is 10.0 Å². The zero-order chi connectivity index (χ0) is 32.8. The summed E-state index contributed by atoms with van der Waals surface area (Å²) in [7, 11) is -3.71. The summed E-state index contributed by atoms with van der Waals surface area (Å²) in [6.45, 7) is 7.86. The number of anilines is 1. The highest BCUT2D eigenvalue weighted by Gasteiger charge is 2.22. The fraction of sp³-hybridized carbons (Fsp3) is 0.257. The number of rotatable bonds is 10. The fourth-order valence-electron chi connectivity index (χ4n) is 5.53. The maximum absolute atomic E-state index is 11.9. The van der Waals surface area contributed by atoms with Crippen LogP contribution in [0.5, 0.6) is 11.6 Å². The molecule has 0 aliphatic carbocycles. The molecule has 0 atom stereocenters. The van der Waals surface area contributed by atoms with Gasteiger partial charge in [0.15, 0.2) is 5.78 Å². The lowest BCUT2D eigenvalue weighted by Gasteiger charge is -2.32. The molecule has 2 heterocycles. The van der Waals surface area contributed by atoms with Crippen molar-refractivity contribution in [3.8, 4) is 28.8 Å². The molecule has 1 aromatic heterocycles. The summed E-state index contributed by atoms with van der Waals surface area (Å²) in [5.41, 5.74) is 5.85. The minimum absolute atomic E-state index is 0.0124. The van der Waals surface area contributed by atoms with Crippen molar-refractivity contribution < 1.29 is 17.9 Å². The van der Waals surface area contributed by atoms with Crippen LogP contribution in [-0.4, -0.2) is 48.2 Å². The van der Waals surface area contributed by atoms with Gasteiger partial charge in [0.1, 0.15) is 5.75 Å². The van der Waals surface area contributed by atoms with E-state index in [2.05, 4.69) is 15.2 Å². The number of carbonyl (C=O) groups is 1. The van der Waals surface area contributed by atoms with E-state index in [1.54, 1.807) is 48.7 Å². The number of ether oxygens (including phenoxy) is 1. The summed E-state index contributed by atoms with van der Waals surface area (Å²) in [5, 5.41) is 17.6. The van der Waals surface area contributed by atoms with Crippen LogP contribution in [0.3, 0.4) is 0 Å². The SMILES string of the molecule is CC(=O)c1ccc(-c2cnc(NC3CCN(Cc4ccc(S(N)(=O)=O)cc4)CC3)nc2Oc2c(C)cc(/C=C/C#N)cc2C)cc1. The van der Waals surface area contributed by atoms with Crippen LogP contribution in [0, 0.1) is 25.2 Å². The van der Waals surface area contributed by atoms with Crippen LogP contribution >= 0.6 is 0 Å². The number of aromatic nitrogens is 2. The van der Waals surface area contributed by atoms with Gasteiger partial charge in [0.2, 0.25) is 21.9 Å². The molecule has 236 valence electrons. The summed E-state index contributed by atoms with van der Waals surface area (Å²) in [5.74, 6) is 1.51. The molecule has 0 bridgehead atoms. The van der Waals surface area contributed by atoms with Gasteiger partial charge in [-0.3, -0.25) is 9.69 Å². The van der Waals surface area contributed by atoms with E-state index in [0.717, 1.165) is 53.7 Å². The number of nitriles is 1. The van der Waals surface area contributed by atoms with Crippen LogP contribution in [0.2, 0.25) is 0 Å². The quantitative estimate of drug-likeness (QED) is 0.157. The van der Waals surface area contributed by atoms with Crippen LogP contribution in [0.25, 0.3) is 17.2 Å². The summed E-state index contributed by atoms with van der Waals surface area (Å²) >= 11 is 0. The predicted molar refractivity (Wildman–Crippen MR) is 178 cm³/mol. The Balaban J connectivity index is 1.33. The van der Waals surface area contributed by atoms with E-state index in [-0.39, 0.29) is 16.7 Å². The third-order valence-electron chi connectivity index (χ3n) is 7.97. The van der Waals surface area contributed by atoms with E-state index in [9.17, 15) is 13.2 Å². The molecular weight excluding hydrogens is 600 g/mol. The number of likely N-dealkylation sites (tertiary alicyclic amines) is 1. The Labute approximate surface area is 269 Å². The second kappa shape index (κ2) is 14.0. The van der Waals surface area contributed by atoms with Gasteiger partial charge in [0.05, 0.1) is 16.5 Å². The van der Waals surface area contributed by atoms with E-state index >= 15 is 0 Å². The molecule has 0 radical (unpaired) electrons. The first-order valence-electron chi connectivity index (χ1n) is 14.9. The Morgan fingerprint density at radius 3 is 2.33 bits per heavy atom. The number of nitrogens with two attached hydrogens (primary N) is 1. The van der Waals surface area contributed by atoms with E-state index in [1.165, 1.54) is 13.0 Å². The Kier molecular flexibility index (Phi) is 9.92. The lowest BCUT2D eigenvalue weighted by atomic mass is 10.0. The number of nitrogens with one attached hydrogen (secondary N) is 1. The molecule has 0 saturated carbocycles. The third-order valence-corrected chi connectivity index (χ3v) is 8.90. The van der Waals surface area contributed by atoms with Crippen molar-refractivity contribution >= 4 is 27.8 Å². The molecule has 10 nitrogen and oxygen atoms in total. The molecule has 3 aromatic carbocycles. The standard InChI is InChI=1S/C35H36N6O4S/c1-23-19-27(5-4-16-36)20-24(2)33(23)45-34-32(29-10-8-28(9-11-29)25(3)42)21-38-35(40-34)39-30-14-17-41(18-15-30)22-26-6-12-31(13-7-26)46(37,43)44/h4-13,19-21,30H,14-15,17-18,22H2,1-3H3,(H2,37,43,44)(H,38,39,40)/b5-4+. The van der Waals surface area contributed by atoms with Gasteiger partial charge in [-0.2, -0.15) is 10.2 Å². The number of hydrogen-bond donors (Lipinski definition) is 2. The molecule has 0 unspecified atom stereocenters. The number of nitrogens with zero attached hydrogens (tertiary/aromatic N) is 4. The van der Waals surface area contributed by atoms with E-state index in [0.29, 0.717) is 35.2 Å². The average molecular weight is 637 g/mol. The largest absolute Gasteiger partial charge is 0.438 e. The highest BCUT2D eigenvalue weighted by molar-refractivity contribution is 7.89. The Morgan fingerprint density at radius 1 is 1.09 bits per heavy atom. The molecule has 1 aliphatic rings. The van der Waals surface area contributed by atoms with Crippen LogP contribution in [0.4, 0.5) is 5.95 Å². The number of sulfonamides is 1. The highest BCUT2D eigenvalue weighted by atomic mass is 32.2. The summed E-state index contributed by atoms with van der Waals surface area (Å²) < 4.78 is 29.6. The van der Waals surface area contributed by atoms with Gasteiger partial charge in [-0.25, -0.2) is 18.5 Å². The van der Waals surface area contributed by atoms with E-state index in [4.69, 9.17) is 20.1 Å². The minimum Gasteiger partial charge on any atom is -0.438 e. The first-order chi connectivity index (χ1) is 22.0. The van der Waals surface area contributed by atoms with Gasteiger partial charge in [0, 0.05) is 43.5 Å². The van der Waals surface area contributed by atoms with Crippen LogP contribution in [-0.2, 0) is 16.6 Å². The normalized spacial score (nSPS) is 14.2. The van der Waals surface area contributed by atoms with Crippen molar-refractivity contribution in [1.29, 1.82) is 5.26 Å². The van der Waals surface area contributed by atoms with Gasteiger partial charge in [-0.15, -0.1) is 0 Å². The number of benzene rings is 3. The first-order valence-corrected chi connectivity index (χ1v) is 16.5. The van der Waals surface area contributed by atoms with Crippen molar-refractivity contribution in [2.75, 3.05) is 18.4 Å². The average Bonchev–Trinajstić information content (AvgIpc) is 3.03. The summed E-state index contributed by atoms with van der Waals surface area (Å²) in [4.78, 5) is 23.7. The lowest BCUT2D eigenvalue weighted by Crippen LogP contribution is -2.39. The van der Waals surface area contributed by atoms with Crippen molar-refractivity contribution in [3.05, 3.63) is 101 Å². The van der Waals surface area contributed by atoms with Crippen LogP contribution in [0.15, 0.2) is 77.8 Å². The number of primary sulfonamides is 1. The molecule has 0 amide bonds. The number of ketones is 1.